The second-order valence-electron chi connectivity index (χ2n) is 2.33. The maximum absolute atomic E-state index is 8.63. The van der Waals surface area contributed by atoms with Crippen LogP contribution in [0.5, 0.6) is 5.75 Å². The third-order valence-electron chi connectivity index (χ3n) is 1.20. The van der Waals surface area contributed by atoms with Crippen molar-refractivity contribution in [3.05, 3.63) is 30.3 Å². The molecular formula is C10H14Cl2O2. The second kappa shape index (κ2) is 10.6. The molecule has 1 aromatic rings. The van der Waals surface area contributed by atoms with Crippen LogP contribution in [0, 0.1) is 0 Å². The standard InChI is InChI=1S/C6H6O.C4H8Cl2O/c7-6-4-2-1-3-5-6;5-1-3-7-4-2-6/h1-5,7H;1-4H2. The van der Waals surface area contributed by atoms with Gasteiger partial charge in [-0.05, 0) is 12.1 Å². The summed E-state index contributed by atoms with van der Waals surface area (Å²) < 4.78 is 4.87. The van der Waals surface area contributed by atoms with Crippen LogP contribution in [0.4, 0.5) is 0 Å². The first-order valence-electron chi connectivity index (χ1n) is 4.25. The highest BCUT2D eigenvalue weighted by molar-refractivity contribution is 6.18. The molecule has 0 spiro atoms. The Morgan fingerprint density at radius 2 is 1.50 bits per heavy atom. The average molecular weight is 237 g/mol. The predicted molar refractivity (Wildman–Crippen MR) is 60.4 cm³/mol. The molecule has 1 aromatic carbocycles. The number of rotatable bonds is 4. The molecule has 1 rings (SSSR count). The van der Waals surface area contributed by atoms with Crippen molar-refractivity contribution in [2.45, 2.75) is 0 Å². The number of halogens is 2. The Hall–Kier alpha value is -0.440. The summed E-state index contributed by atoms with van der Waals surface area (Å²) in [5, 5.41) is 8.63. The van der Waals surface area contributed by atoms with E-state index in [-0.39, 0.29) is 0 Å². The van der Waals surface area contributed by atoms with Crippen LogP contribution in [0.3, 0.4) is 0 Å². The molecule has 4 heteroatoms. The van der Waals surface area contributed by atoms with Crippen molar-refractivity contribution in [3.8, 4) is 5.75 Å². The van der Waals surface area contributed by atoms with Gasteiger partial charge in [0.15, 0.2) is 0 Å². The number of aromatic hydroxyl groups is 1. The SMILES string of the molecule is ClCCOCCCl.Oc1ccccc1. The van der Waals surface area contributed by atoms with Crippen LogP contribution in [0.1, 0.15) is 0 Å². The van der Waals surface area contributed by atoms with E-state index in [1.807, 2.05) is 6.07 Å². The van der Waals surface area contributed by atoms with Gasteiger partial charge < -0.3 is 9.84 Å². The molecule has 0 aliphatic rings. The number of hydrogen-bond acceptors (Lipinski definition) is 2. The van der Waals surface area contributed by atoms with Crippen LogP contribution >= 0.6 is 23.2 Å². The van der Waals surface area contributed by atoms with Crippen molar-refractivity contribution in [2.24, 2.45) is 0 Å². The lowest BCUT2D eigenvalue weighted by Crippen LogP contribution is -1.97. The van der Waals surface area contributed by atoms with Crippen LogP contribution in [-0.4, -0.2) is 30.1 Å². The summed E-state index contributed by atoms with van der Waals surface area (Å²) in [4.78, 5) is 0. The van der Waals surface area contributed by atoms with Crippen LogP contribution in [-0.2, 0) is 4.74 Å². The van der Waals surface area contributed by atoms with E-state index in [2.05, 4.69) is 0 Å². The zero-order valence-corrected chi connectivity index (χ0v) is 9.34. The van der Waals surface area contributed by atoms with Gasteiger partial charge in [0.2, 0.25) is 0 Å². The monoisotopic (exact) mass is 236 g/mol. The van der Waals surface area contributed by atoms with E-state index in [0.717, 1.165) is 0 Å². The van der Waals surface area contributed by atoms with Gasteiger partial charge in [0.05, 0.1) is 13.2 Å². The molecule has 80 valence electrons. The molecule has 0 saturated heterocycles. The van der Waals surface area contributed by atoms with E-state index in [1.165, 1.54) is 0 Å². The molecule has 0 saturated carbocycles. The molecule has 0 amide bonds. The smallest absolute Gasteiger partial charge is 0.115 e. The van der Waals surface area contributed by atoms with Gasteiger partial charge in [-0.3, -0.25) is 0 Å². The first-order valence-corrected chi connectivity index (χ1v) is 5.32. The first kappa shape index (κ1) is 13.6. The van der Waals surface area contributed by atoms with Crippen molar-refractivity contribution < 1.29 is 9.84 Å². The molecule has 0 bridgehead atoms. The quantitative estimate of drug-likeness (QED) is 0.644. The van der Waals surface area contributed by atoms with Crippen LogP contribution < -0.4 is 0 Å². The molecule has 0 heterocycles. The molecule has 0 fully saturated rings. The number of benzene rings is 1. The van der Waals surface area contributed by atoms with Gasteiger partial charge in [-0.25, -0.2) is 0 Å². The van der Waals surface area contributed by atoms with Gasteiger partial charge in [-0.1, -0.05) is 18.2 Å². The van der Waals surface area contributed by atoms with Crippen molar-refractivity contribution in [2.75, 3.05) is 25.0 Å². The zero-order chi connectivity index (χ0) is 10.6. The third-order valence-corrected chi connectivity index (χ3v) is 1.51. The van der Waals surface area contributed by atoms with Crippen LogP contribution in [0.25, 0.3) is 0 Å². The third kappa shape index (κ3) is 9.65. The van der Waals surface area contributed by atoms with Crippen LogP contribution in [0.2, 0.25) is 0 Å². The molecule has 0 unspecified atom stereocenters. The Bertz CT molecular complexity index is 201. The molecule has 0 atom stereocenters. The Morgan fingerprint density at radius 3 is 1.79 bits per heavy atom. The van der Waals surface area contributed by atoms with E-state index in [0.29, 0.717) is 30.7 Å². The molecule has 1 N–H and O–H groups in total. The van der Waals surface area contributed by atoms with E-state index in [4.69, 9.17) is 33.0 Å². The lowest BCUT2D eigenvalue weighted by Gasteiger charge is -1.93. The summed E-state index contributed by atoms with van der Waals surface area (Å²) in [7, 11) is 0. The predicted octanol–water partition coefficient (Wildman–Crippen LogP) is 2.87. The van der Waals surface area contributed by atoms with Crippen molar-refractivity contribution in [1.82, 2.24) is 0 Å². The van der Waals surface area contributed by atoms with E-state index >= 15 is 0 Å². The van der Waals surface area contributed by atoms with E-state index < -0.39 is 0 Å². The minimum absolute atomic E-state index is 0.322. The highest BCUT2D eigenvalue weighted by atomic mass is 35.5. The zero-order valence-electron chi connectivity index (χ0n) is 7.83. The normalized spacial score (nSPS) is 9.00. The van der Waals surface area contributed by atoms with Gasteiger partial charge in [-0.2, -0.15) is 0 Å². The Morgan fingerprint density at radius 1 is 1.00 bits per heavy atom. The summed E-state index contributed by atoms with van der Waals surface area (Å²) >= 11 is 10.5. The highest BCUT2D eigenvalue weighted by Gasteiger charge is 1.80. The number of para-hydroxylation sites is 1. The first-order chi connectivity index (χ1) is 6.81. The maximum Gasteiger partial charge on any atom is 0.115 e. The van der Waals surface area contributed by atoms with Crippen molar-refractivity contribution in [1.29, 1.82) is 0 Å². The van der Waals surface area contributed by atoms with Crippen molar-refractivity contribution in [3.63, 3.8) is 0 Å². The van der Waals surface area contributed by atoms with Crippen molar-refractivity contribution >= 4 is 23.2 Å². The fourth-order valence-corrected chi connectivity index (χ4v) is 0.857. The summed E-state index contributed by atoms with van der Waals surface area (Å²) in [6.45, 7) is 1.21. The van der Waals surface area contributed by atoms with Gasteiger partial charge in [0.1, 0.15) is 5.75 Å². The second-order valence-corrected chi connectivity index (χ2v) is 3.08. The van der Waals surface area contributed by atoms with Gasteiger partial charge in [0.25, 0.3) is 0 Å². The Kier molecular flexibility index (Phi) is 10.3. The average Bonchev–Trinajstić information content (AvgIpc) is 2.21. The molecule has 0 aromatic heterocycles. The number of alkyl halides is 2. The van der Waals surface area contributed by atoms with Gasteiger partial charge in [0, 0.05) is 11.8 Å². The lowest BCUT2D eigenvalue weighted by molar-refractivity contribution is 0.165. The summed E-state index contributed by atoms with van der Waals surface area (Å²) in [6.07, 6.45) is 0. The lowest BCUT2D eigenvalue weighted by atomic mass is 10.3. The fraction of sp³-hybridized carbons (Fsp3) is 0.400. The maximum atomic E-state index is 8.63. The molecule has 0 aliphatic carbocycles. The minimum Gasteiger partial charge on any atom is -0.508 e. The largest absolute Gasteiger partial charge is 0.508 e. The molecular weight excluding hydrogens is 223 g/mol. The summed E-state index contributed by atoms with van der Waals surface area (Å²) in [5.74, 6) is 1.43. The van der Waals surface area contributed by atoms with E-state index in [9.17, 15) is 0 Å². The number of hydrogen-bond donors (Lipinski definition) is 1. The Labute approximate surface area is 94.4 Å². The minimum atomic E-state index is 0.322. The number of phenols is 1. The summed E-state index contributed by atoms with van der Waals surface area (Å²) in [6, 6.07) is 8.71. The highest BCUT2D eigenvalue weighted by Crippen LogP contribution is 2.02. The molecule has 0 radical (unpaired) electrons. The van der Waals surface area contributed by atoms with Gasteiger partial charge >= 0.3 is 0 Å². The molecule has 0 aliphatic heterocycles. The Balaban J connectivity index is 0.000000241. The molecule has 14 heavy (non-hydrogen) atoms. The number of ether oxygens (including phenoxy) is 1. The topological polar surface area (TPSA) is 29.5 Å². The fourth-order valence-electron chi connectivity index (χ4n) is 0.639. The summed E-state index contributed by atoms with van der Waals surface area (Å²) in [5.41, 5.74) is 0. The number of phenolic OH excluding ortho intramolecular Hbond substituents is 1. The van der Waals surface area contributed by atoms with Crippen LogP contribution in [0.15, 0.2) is 30.3 Å². The van der Waals surface area contributed by atoms with Gasteiger partial charge in [-0.15, -0.1) is 23.2 Å². The van der Waals surface area contributed by atoms with E-state index in [1.54, 1.807) is 24.3 Å². The molecule has 2 nitrogen and oxygen atoms in total.